The lowest BCUT2D eigenvalue weighted by molar-refractivity contribution is 0.102. The van der Waals surface area contributed by atoms with Crippen LogP contribution in [0.1, 0.15) is 21.5 Å². The van der Waals surface area contributed by atoms with Crippen molar-refractivity contribution in [1.29, 1.82) is 0 Å². The van der Waals surface area contributed by atoms with Crippen LogP contribution in [0.2, 0.25) is 0 Å². The van der Waals surface area contributed by atoms with Crippen LogP contribution < -0.4 is 5.73 Å². The van der Waals surface area contributed by atoms with Gasteiger partial charge in [-0.2, -0.15) is 0 Å². The molecule has 0 aliphatic carbocycles. The summed E-state index contributed by atoms with van der Waals surface area (Å²) >= 11 is 3.15. The molecule has 0 aromatic heterocycles. The minimum Gasteiger partial charge on any atom is -0.398 e. The maximum Gasteiger partial charge on any atom is 0.173 e. The number of nitrogen functional groups attached to an aromatic ring is 1. The zero-order chi connectivity index (χ0) is 10.0. The van der Waals surface area contributed by atoms with E-state index in [-0.39, 0.29) is 5.78 Å². The number of alkyl halides is 1. The van der Waals surface area contributed by atoms with E-state index >= 15 is 0 Å². The van der Waals surface area contributed by atoms with Crippen molar-refractivity contribution < 1.29 is 4.79 Å². The van der Waals surface area contributed by atoms with Gasteiger partial charge in [-0.05, 0) is 31.0 Å². The number of carbonyl (C=O) groups excluding carboxylic acids is 1. The van der Waals surface area contributed by atoms with Crippen LogP contribution in [-0.4, -0.2) is 11.1 Å². The highest BCUT2D eigenvalue weighted by Crippen LogP contribution is 2.20. The summed E-state index contributed by atoms with van der Waals surface area (Å²) in [4.78, 5) is 11.5. The van der Waals surface area contributed by atoms with Crippen molar-refractivity contribution in [2.45, 2.75) is 13.8 Å². The maximum absolute atomic E-state index is 11.5. The van der Waals surface area contributed by atoms with E-state index in [4.69, 9.17) is 5.73 Å². The molecule has 0 fully saturated rings. The number of aryl methyl sites for hydroxylation is 1. The Bertz CT molecular complexity index is 347. The minimum absolute atomic E-state index is 0.0855. The third-order valence-corrected chi connectivity index (χ3v) is 2.62. The third kappa shape index (κ3) is 1.91. The van der Waals surface area contributed by atoms with Gasteiger partial charge in [-0.25, -0.2) is 0 Å². The predicted molar refractivity (Wildman–Crippen MR) is 58.5 cm³/mol. The molecule has 2 N–H and O–H groups in total. The van der Waals surface area contributed by atoms with Gasteiger partial charge < -0.3 is 5.73 Å². The summed E-state index contributed by atoms with van der Waals surface area (Å²) in [5.74, 6) is 0.0855. The number of carbonyl (C=O) groups is 1. The van der Waals surface area contributed by atoms with Crippen molar-refractivity contribution in [3.05, 3.63) is 28.8 Å². The molecule has 1 aromatic carbocycles. The van der Waals surface area contributed by atoms with Crippen LogP contribution in [-0.2, 0) is 0 Å². The maximum atomic E-state index is 11.5. The van der Waals surface area contributed by atoms with Crippen LogP contribution in [0.15, 0.2) is 12.1 Å². The normalized spacial score (nSPS) is 10.1. The van der Waals surface area contributed by atoms with Gasteiger partial charge in [0.25, 0.3) is 0 Å². The smallest absolute Gasteiger partial charge is 0.173 e. The van der Waals surface area contributed by atoms with Gasteiger partial charge in [0.15, 0.2) is 5.78 Å². The molecule has 0 aliphatic heterocycles. The van der Waals surface area contributed by atoms with E-state index in [1.165, 1.54) is 0 Å². The van der Waals surface area contributed by atoms with Gasteiger partial charge in [0.2, 0.25) is 0 Å². The number of benzene rings is 1. The Balaban J connectivity index is 3.33. The number of ketones is 1. The van der Waals surface area contributed by atoms with Crippen molar-refractivity contribution in [2.24, 2.45) is 0 Å². The molecule has 0 aliphatic rings. The molecule has 70 valence electrons. The zero-order valence-corrected chi connectivity index (χ0v) is 9.31. The fourth-order valence-corrected chi connectivity index (χ4v) is 1.64. The number of halogens is 1. The first-order valence-corrected chi connectivity index (χ1v) is 5.15. The average Bonchev–Trinajstić information content (AvgIpc) is 2.12. The van der Waals surface area contributed by atoms with Gasteiger partial charge in [-0.3, -0.25) is 4.79 Å². The molecule has 0 radical (unpaired) electrons. The summed E-state index contributed by atoms with van der Waals surface area (Å²) in [5, 5.41) is 0.345. The van der Waals surface area contributed by atoms with E-state index in [9.17, 15) is 4.79 Å². The molecule has 0 heterocycles. The molecular formula is C10H12BrNO. The Morgan fingerprint density at radius 2 is 2.08 bits per heavy atom. The Hall–Kier alpha value is -0.830. The van der Waals surface area contributed by atoms with Gasteiger partial charge in [-0.1, -0.05) is 22.0 Å². The molecule has 0 unspecified atom stereocenters. The highest BCUT2D eigenvalue weighted by molar-refractivity contribution is 9.09. The summed E-state index contributed by atoms with van der Waals surface area (Å²) < 4.78 is 0. The predicted octanol–water partition coefficient (Wildman–Crippen LogP) is 2.46. The largest absolute Gasteiger partial charge is 0.398 e. The lowest BCUT2D eigenvalue weighted by atomic mass is 9.98. The minimum atomic E-state index is 0.0855. The van der Waals surface area contributed by atoms with Crippen molar-refractivity contribution in [2.75, 3.05) is 11.1 Å². The van der Waals surface area contributed by atoms with Gasteiger partial charge in [-0.15, -0.1) is 0 Å². The topological polar surface area (TPSA) is 43.1 Å². The lowest BCUT2D eigenvalue weighted by Gasteiger charge is -2.09. The standard InChI is InChI=1S/C10H12BrNO/c1-6-3-4-8(12)7(2)10(6)9(13)5-11/h3-4H,5,12H2,1-2H3. The van der Waals surface area contributed by atoms with Gasteiger partial charge in [0.1, 0.15) is 0 Å². The fourth-order valence-electron chi connectivity index (χ4n) is 1.36. The zero-order valence-electron chi connectivity index (χ0n) is 7.73. The Morgan fingerprint density at radius 1 is 1.46 bits per heavy atom. The monoisotopic (exact) mass is 241 g/mol. The van der Waals surface area contributed by atoms with Crippen molar-refractivity contribution >= 4 is 27.4 Å². The number of hydrogen-bond donors (Lipinski definition) is 1. The second kappa shape index (κ2) is 3.92. The summed E-state index contributed by atoms with van der Waals surface area (Å²) in [6, 6.07) is 3.70. The Morgan fingerprint density at radius 3 is 2.62 bits per heavy atom. The second-order valence-corrected chi connectivity index (χ2v) is 3.59. The molecule has 2 nitrogen and oxygen atoms in total. The molecule has 0 spiro atoms. The molecular weight excluding hydrogens is 230 g/mol. The quantitative estimate of drug-likeness (QED) is 0.491. The fraction of sp³-hybridized carbons (Fsp3) is 0.300. The van der Waals surface area contributed by atoms with Crippen LogP contribution in [0.5, 0.6) is 0 Å². The lowest BCUT2D eigenvalue weighted by Crippen LogP contribution is -2.07. The van der Waals surface area contributed by atoms with Crippen molar-refractivity contribution in [3.63, 3.8) is 0 Å². The highest BCUT2D eigenvalue weighted by Gasteiger charge is 2.12. The number of nitrogens with two attached hydrogens (primary N) is 1. The number of Topliss-reactive ketones (excluding diaryl/α,β-unsaturated/α-hetero) is 1. The first-order chi connectivity index (χ1) is 6.07. The number of rotatable bonds is 2. The Kier molecular flexibility index (Phi) is 3.09. The van der Waals surface area contributed by atoms with Gasteiger partial charge in [0, 0.05) is 11.3 Å². The molecule has 0 saturated heterocycles. The van der Waals surface area contributed by atoms with Crippen molar-refractivity contribution in [3.8, 4) is 0 Å². The van der Waals surface area contributed by atoms with Crippen LogP contribution in [0.4, 0.5) is 5.69 Å². The second-order valence-electron chi connectivity index (χ2n) is 3.03. The number of anilines is 1. The average molecular weight is 242 g/mol. The molecule has 1 aromatic rings. The molecule has 0 saturated carbocycles. The van der Waals surface area contributed by atoms with Crippen LogP contribution in [0.3, 0.4) is 0 Å². The summed E-state index contributed by atoms with van der Waals surface area (Å²) in [7, 11) is 0. The number of hydrogen-bond acceptors (Lipinski definition) is 2. The SMILES string of the molecule is Cc1ccc(N)c(C)c1C(=O)CBr. The van der Waals surface area contributed by atoms with E-state index in [2.05, 4.69) is 15.9 Å². The Labute approximate surface area is 86.3 Å². The van der Waals surface area contributed by atoms with Gasteiger partial charge >= 0.3 is 0 Å². The van der Waals surface area contributed by atoms with E-state index in [0.717, 1.165) is 16.7 Å². The van der Waals surface area contributed by atoms with E-state index < -0.39 is 0 Å². The van der Waals surface area contributed by atoms with Crippen molar-refractivity contribution in [1.82, 2.24) is 0 Å². The summed E-state index contributed by atoms with van der Waals surface area (Å²) in [6.45, 7) is 3.79. The first-order valence-electron chi connectivity index (χ1n) is 4.02. The molecule has 3 heteroatoms. The molecule has 1 rings (SSSR count). The first kappa shape index (κ1) is 10.3. The summed E-state index contributed by atoms with van der Waals surface area (Å²) in [5.41, 5.74) is 9.00. The highest BCUT2D eigenvalue weighted by atomic mass is 79.9. The van der Waals surface area contributed by atoms with Crippen LogP contribution in [0.25, 0.3) is 0 Å². The molecule has 0 bridgehead atoms. The van der Waals surface area contributed by atoms with E-state index in [0.29, 0.717) is 11.0 Å². The van der Waals surface area contributed by atoms with E-state index in [1.807, 2.05) is 26.0 Å². The van der Waals surface area contributed by atoms with Crippen LogP contribution in [0, 0.1) is 13.8 Å². The summed E-state index contributed by atoms with van der Waals surface area (Å²) in [6.07, 6.45) is 0. The van der Waals surface area contributed by atoms with Gasteiger partial charge in [0.05, 0.1) is 5.33 Å². The third-order valence-electron chi connectivity index (χ3n) is 2.12. The molecule has 13 heavy (non-hydrogen) atoms. The van der Waals surface area contributed by atoms with Crippen LogP contribution >= 0.6 is 15.9 Å². The van der Waals surface area contributed by atoms with E-state index in [1.54, 1.807) is 0 Å². The molecule has 0 amide bonds. The molecule has 0 atom stereocenters.